The summed E-state index contributed by atoms with van der Waals surface area (Å²) in [7, 11) is 0. The minimum absolute atomic E-state index is 0.0437. The summed E-state index contributed by atoms with van der Waals surface area (Å²) < 4.78 is 57.3. The molecule has 3 rings (SSSR count). The Balaban J connectivity index is 2.48. The normalized spacial score (nSPS) is 10.9. The van der Waals surface area contributed by atoms with Crippen LogP contribution in [0.25, 0.3) is 22.3 Å². The van der Waals surface area contributed by atoms with Gasteiger partial charge >= 0.3 is 0 Å². The maximum Gasteiger partial charge on any atom is 0.195 e. The van der Waals surface area contributed by atoms with Gasteiger partial charge in [-0.15, -0.1) is 0 Å². The molecule has 3 aromatic carbocycles. The van der Waals surface area contributed by atoms with E-state index in [0.717, 1.165) is 0 Å². The average Bonchev–Trinajstić information content (AvgIpc) is 2.61. The van der Waals surface area contributed by atoms with Crippen molar-refractivity contribution in [3.05, 3.63) is 83.4 Å². The molecule has 0 nitrogen and oxygen atoms in total. The topological polar surface area (TPSA) is 0 Å². The predicted octanol–water partition coefficient (Wildman–Crippen LogP) is 6.14. The number of hydrogen-bond acceptors (Lipinski definition) is 0. The molecule has 0 saturated carbocycles. The van der Waals surface area contributed by atoms with E-state index in [1.807, 2.05) is 0 Å². The molecule has 0 spiro atoms. The molecule has 0 atom stereocenters. The minimum Gasteiger partial charge on any atom is -0.206 e. The minimum atomic E-state index is -1.54. The lowest BCUT2D eigenvalue weighted by Crippen LogP contribution is -2.05. The smallest absolute Gasteiger partial charge is 0.195 e. The van der Waals surface area contributed by atoms with Crippen LogP contribution in [-0.2, 0) is 6.42 Å². The summed E-state index contributed by atoms with van der Waals surface area (Å²) in [6, 6.07) is 13.9. The van der Waals surface area contributed by atoms with E-state index in [-0.39, 0.29) is 28.7 Å². The largest absolute Gasteiger partial charge is 0.206 e. The molecule has 0 fully saturated rings. The van der Waals surface area contributed by atoms with Crippen LogP contribution in [-0.4, -0.2) is 0 Å². The highest BCUT2D eigenvalue weighted by Crippen LogP contribution is 2.41. The van der Waals surface area contributed by atoms with E-state index in [4.69, 9.17) is 0 Å². The van der Waals surface area contributed by atoms with E-state index in [2.05, 4.69) is 0 Å². The fourth-order valence-electron chi connectivity index (χ4n) is 2.88. The second-order valence-electron chi connectivity index (χ2n) is 5.37. The third-order valence-electron chi connectivity index (χ3n) is 3.98. The average molecular weight is 330 g/mol. The molecular formula is C20H14F4. The number of rotatable bonds is 3. The zero-order valence-corrected chi connectivity index (χ0v) is 12.9. The highest BCUT2D eigenvalue weighted by Gasteiger charge is 2.26. The van der Waals surface area contributed by atoms with Crippen molar-refractivity contribution in [3.63, 3.8) is 0 Å². The molecule has 24 heavy (non-hydrogen) atoms. The maximum absolute atomic E-state index is 14.6. The van der Waals surface area contributed by atoms with Gasteiger partial charge < -0.3 is 0 Å². The van der Waals surface area contributed by atoms with Crippen LogP contribution in [0.5, 0.6) is 0 Å². The van der Waals surface area contributed by atoms with Gasteiger partial charge in [-0.1, -0.05) is 55.5 Å². The van der Waals surface area contributed by atoms with Crippen molar-refractivity contribution < 1.29 is 17.6 Å². The van der Waals surface area contributed by atoms with Crippen LogP contribution in [0.15, 0.2) is 54.6 Å². The first-order valence-corrected chi connectivity index (χ1v) is 7.55. The van der Waals surface area contributed by atoms with Crippen molar-refractivity contribution in [2.24, 2.45) is 0 Å². The Morgan fingerprint density at radius 2 is 1.29 bits per heavy atom. The van der Waals surface area contributed by atoms with E-state index in [9.17, 15) is 17.6 Å². The zero-order valence-electron chi connectivity index (χ0n) is 12.9. The van der Waals surface area contributed by atoms with Crippen molar-refractivity contribution >= 4 is 0 Å². The number of benzene rings is 3. The van der Waals surface area contributed by atoms with Gasteiger partial charge in [0.1, 0.15) is 5.82 Å². The SMILES string of the molecule is CCc1c(F)c(F)c(F)c(-c2ccccc2)c1-c1ccccc1F. The molecule has 0 aliphatic rings. The summed E-state index contributed by atoms with van der Waals surface area (Å²) in [4.78, 5) is 0. The Morgan fingerprint density at radius 1 is 0.667 bits per heavy atom. The van der Waals surface area contributed by atoms with Gasteiger partial charge in [-0.3, -0.25) is 0 Å². The van der Waals surface area contributed by atoms with E-state index in [1.54, 1.807) is 43.3 Å². The summed E-state index contributed by atoms with van der Waals surface area (Å²) in [6.45, 7) is 1.62. The summed E-state index contributed by atoms with van der Waals surface area (Å²) in [5.41, 5.74) is 0.292. The zero-order chi connectivity index (χ0) is 17.3. The van der Waals surface area contributed by atoms with Gasteiger partial charge in [0.05, 0.1) is 0 Å². The summed E-state index contributed by atoms with van der Waals surface area (Å²) in [5.74, 6) is -4.73. The van der Waals surface area contributed by atoms with Gasteiger partial charge in [-0.25, -0.2) is 17.6 Å². The van der Waals surface area contributed by atoms with Crippen LogP contribution < -0.4 is 0 Å². The highest BCUT2D eigenvalue weighted by molar-refractivity contribution is 5.86. The van der Waals surface area contributed by atoms with Crippen molar-refractivity contribution in [2.45, 2.75) is 13.3 Å². The van der Waals surface area contributed by atoms with Gasteiger partial charge in [0.15, 0.2) is 17.5 Å². The van der Waals surface area contributed by atoms with Crippen LogP contribution in [0, 0.1) is 23.3 Å². The first kappa shape index (κ1) is 16.2. The second-order valence-corrected chi connectivity index (χ2v) is 5.37. The van der Waals surface area contributed by atoms with Crippen molar-refractivity contribution in [1.29, 1.82) is 0 Å². The second kappa shape index (κ2) is 6.48. The number of hydrogen-bond donors (Lipinski definition) is 0. The van der Waals surface area contributed by atoms with Crippen LogP contribution in [0.3, 0.4) is 0 Å². The van der Waals surface area contributed by atoms with Crippen LogP contribution in [0.4, 0.5) is 17.6 Å². The molecule has 0 heterocycles. The standard InChI is InChI=1S/C20H14F4/c1-2-13-17(14-10-6-7-11-15(14)21)16(12-8-4-3-5-9-12)19(23)20(24)18(13)22/h3-11H,2H2,1H3. The van der Waals surface area contributed by atoms with Crippen molar-refractivity contribution in [2.75, 3.05) is 0 Å². The van der Waals surface area contributed by atoms with Crippen LogP contribution >= 0.6 is 0 Å². The molecule has 0 unspecified atom stereocenters. The van der Waals surface area contributed by atoms with Gasteiger partial charge in [0, 0.05) is 16.7 Å². The molecule has 0 amide bonds. The van der Waals surface area contributed by atoms with Gasteiger partial charge in [-0.05, 0) is 23.6 Å². The Hall–Kier alpha value is -2.62. The van der Waals surface area contributed by atoms with E-state index < -0.39 is 23.3 Å². The summed E-state index contributed by atoms with van der Waals surface area (Å²) in [5, 5.41) is 0. The predicted molar refractivity (Wildman–Crippen MR) is 86.5 cm³/mol. The lowest BCUT2D eigenvalue weighted by atomic mass is 9.88. The number of halogens is 4. The first-order valence-electron chi connectivity index (χ1n) is 7.55. The Labute approximate surface area is 137 Å². The quantitative estimate of drug-likeness (QED) is 0.400. The lowest BCUT2D eigenvalue weighted by Gasteiger charge is -2.18. The van der Waals surface area contributed by atoms with Crippen LogP contribution in [0.2, 0.25) is 0 Å². The van der Waals surface area contributed by atoms with Crippen molar-refractivity contribution in [3.8, 4) is 22.3 Å². The highest BCUT2D eigenvalue weighted by atomic mass is 19.2. The first-order chi connectivity index (χ1) is 11.6. The fraction of sp³-hybridized carbons (Fsp3) is 0.100. The Bertz CT molecular complexity index is 886. The van der Waals surface area contributed by atoms with Crippen molar-refractivity contribution in [1.82, 2.24) is 0 Å². The third kappa shape index (κ3) is 2.58. The molecule has 4 heteroatoms. The summed E-state index contributed by atoms with van der Waals surface area (Å²) >= 11 is 0. The molecule has 0 aliphatic carbocycles. The van der Waals surface area contributed by atoms with Crippen LogP contribution in [0.1, 0.15) is 12.5 Å². The van der Waals surface area contributed by atoms with E-state index in [0.29, 0.717) is 5.56 Å². The molecule has 0 N–H and O–H groups in total. The maximum atomic E-state index is 14.6. The Morgan fingerprint density at radius 3 is 1.92 bits per heavy atom. The van der Waals surface area contributed by atoms with Gasteiger partial charge in [0.2, 0.25) is 0 Å². The van der Waals surface area contributed by atoms with E-state index in [1.165, 1.54) is 18.2 Å². The molecule has 0 aromatic heterocycles. The monoisotopic (exact) mass is 330 g/mol. The fourth-order valence-corrected chi connectivity index (χ4v) is 2.88. The molecule has 3 aromatic rings. The van der Waals surface area contributed by atoms with Gasteiger partial charge in [-0.2, -0.15) is 0 Å². The molecular weight excluding hydrogens is 316 g/mol. The van der Waals surface area contributed by atoms with E-state index >= 15 is 0 Å². The molecule has 0 saturated heterocycles. The van der Waals surface area contributed by atoms with Gasteiger partial charge in [0.25, 0.3) is 0 Å². The molecule has 122 valence electrons. The molecule has 0 radical (unpaired) electrons. The molecule has 0 aliphatic heterocycles. The Kier molecular flexibility index (Phi) is 4.38. The summed E-state index contributed by atoms with van der Waals surface area (Å²) in [6.07, 6.45) is 0.104. The lowest BCUT2D eigenvalue weighted by molar-refractivity contribution is 0.444. The molecule has 0 bridgehead atoms. The third-order valence-corrected chi connectivity index (χ3v) is 3.98.